The minimum atomic E-state index is -1.14. The van der Waals surface area contributed by atoms with Gasteiger partial charge in [-0.25, -0.2) is 0 Å². The van der Waals surface area contributed by atoms with Crippen LogP contribution in [0.4, 0.5) is 0 Å². The van der Waals surface area contributed by atoms with Gasteiger partial charge in [0.2, 0.25) is 0 Å². The van der Waals surface area contributed by atoms with E-state index in [1.54, 1.807) is 0 Å². The topological polar surface area (TPSA) is 124 Å². The van der Waals surface area contributed by atoms with Crippen LogP contribution >= 0.6 is 58.6 Å². The third-order valence-corrected chi connectivity index (χ3v) is 23.9. The summed E-state index contributed by atoms with van der Waals surface area (Å²) in [5.74, 6) is -0.121. The van der Waals surface area contributed by atoms with Crippen LogP contribution in [-0.2, 0) is 47.2 Å². The Morgan fingerprint density at radius 3 is 0.629 bits per heavy atom. The molecule has 0 aliphatic rings. The van der Waals surface area contributed by atoms with Gasteiger partial charge in [-0.3, -0.25) is 19.2 Å². The number of hydrogen-bond donors (Lipinski definition) is 0. The lowest BCUT2D eigenvalue weighted by Crippen LogP contribution is -2.09. The van der Waals surface area contributed by atoms with Crippen molar-refractivity contribution in [1.82, 2.24) is 0 Å². The molecule has 0 bridgehead atoms. The molecule has 0 heterocycles. The van der Waals surface area contributed by atoms with Gasteiger partial charge < -0.3 is 28.0 Å². The third-order valence-electron chi connectivity index (χ3n) is 11.6. The molecule has 0 aromatic heterocycles. The fourth-order valence-electron chi connectivity index (χ4n) is 7.34. The maximum atomic E-state index is 12.6. The molecule has 414 valence electrons. The molecule has 0 atom stereocenters. The SMILES string of the molecule is CCCCCCCCCCOC(=O)CSP(OCCCCCCOP(SCC(=O)OCCCCCCCCCC)SCC(=O)OCCCCCCCCCC)SCC(=O)OCCCCCCCCCC. The largest absolute Gasteiger partial charge is 0.465 e. The molecule has 0 saturated heterocycles. The van der Waals surface area contributed by atoms with E-state index in [4.69, 9.17) is 28.0 Å². The molecule has 0 aromatic rings. The summed E-state index contributed by atoms with van der Waals surface area (Å²) in [5.41, 5.74) is 0. The fourth-order valence-corrected chi connectivity index (χ4v) is 17.5. The summed E-state index contributed by atoms with van der Waals surface area (Å²) in [4.78, 5) is 50.5. The summed E-state index contributed by atoms with van der Waals surface area (Å²) >= 11 is 5.75. The summed E-state index contributed by atoms with van der Waals surface area (Å²) in [6.07, 6.45) is 41.8. The minimum absolute atomic E-state index is 0.202. The van der Waals surface area contributed by atoms with Crippen LogP contribution in [0.1, 0.15) is 259 Å². The van der Waals surface area contributed by atoms with E-state index >= 15 is 0 Å². The Kier molecular flexibility index (Phi) is 58.4. The summed E-state index contributed by atoms with van der Waals surface area (Å²) in [5, 5.41) is 0. The predicted octanol–water partition coefficient (Wildman–Crippen LogP) is 18.7. The monoisotopic (exact) mass is 1100 g/mol. The molecule has 0 aliphatic heterocycles. The van der Waals surface area contributed by atoms with Gasteiger partial charge in [0.05, 0.1) is 62.7 Å². The second kappa shape index (κ2) is 58.3. The lowest BCUT2D eigenvalue weighted by molar-refractivity contribution is -0.141. The zero-order valence-electron chi connectivity index (χ0n) is 45.1. The highest BCUT2D eigenvalue weighted by molar-refractivity contribution is 8.87. The van der Waals surface area contributed by atoms with Gasteiger partial charge in [0, 0.05) is 0 Å². The number of carbonyl (C=O) groups is 4. The van der Waals surface area contributed by atoms with Crippen LogP contribution in [0.25, 0.3) is 0 Å². The van der Waals surface area contributed by atoms with Gasteiger partial charge >= 0.3 is 23.9 Å². The number of rotatable bonds is 57. The van der Waals surface area contributed by atoms with Crippen molar-refractivity contribution in [2.75, 3.05) is 62.7 Å². The molecule has 70 heavy (non-hydrogen) atoms. The van der Waals surface area contributed by atoms with E-state index in [1.807, 2.05) is 0 Å². The molecule has 16 heteroatoms. The van der Waals surface area contributed by atoms with Crippen molar-refractivity contribution in [1.29, 1.82) is 0 Å². The van der Waals surface area contributed by atoms with Gasteiger partial charge in [-0.15, -0.1) is 0 Å². The van der Waals surface area contributed by atoms with Crippen molar-refractivity contribution >= 4 is 82.5 Å². The van der Waals surface area contributed by atoms with Crippen LogP contribution in [0.3, 0.4) is 0 Å². The molecule has 0 radical (unpaired) electrons. The van der Waals surface area contributed by atoms with E-state index in [9.17, 15) is 19.2 Å². The molecule has 0 aliphatic carbocycles. The van der Waals surface area contributed by atoms with Crippen LogP contribution in [0.2, 0.25) is 0 Å². The van der Waals surface area contributed by atoms with Gasteiger partial charge in [0.15, 0.2) is 13.1 Å². The number of esters is 4. The van der Waals surface area contributed by atoms with E-state index in [0.717, 1.165) is 77.0 Å². The van der Waals surface area contributed by atoms with Crippen LogP contribution in [0.5, 0.6) is 0 Å². The Morgan fingerprint density at radius 1 is 0.257 bits per heavy atom. The van der Waals surface area contributed by atoms with Gasteiger partial charge in [-0.2, -0.15) is 0 Å². The first kappa shape index (κ1) is 70.1. The van der Waals surface area contributed by atoms with Crippen molar-refractivity contribution in [3.8, 4) is 0 Å². The summed E-state index contributed by atoms with van der Waals surface area (Å²) in [6.45, 7) is 9.53. The number of ether oxygens (including phenoxy) is 4. The van der Waals surface area contributed by atoms with Gasteiger partial charge in [0.1, 0.15) is 0 Å². The molecule has 0 amide bonds. The zero-order chi connectivity index (χ0) is 51.1. The van der Waals surface area contributed by atoms with Gasteiger partial charge in [0.25, 0.3) is 0 Å². The molecule has 0 aromatic carbocycles. The lowest BCUT2D eigenvalue weighted by Gasteiger charge is -2.16. The van der Waals surface area contributed by atoms with Crippen molar-refractivity contribution in [2.24, 2.45) is 0 Å². The first-order chi connectivity index (χ1) is 34.4. The van der Waals surface area contributed by atoms with E-state index in [1.165, 1.54) is 200 Å². The maximum Gasteiger partial charge on any atom is 0.316 e. The second-order valence-electron chi connectivity index (χ2n) is 18.4. The van der Waals surface area contributed by atoms with E-state index < -0.39 is 13.1 Å². The van der Waals surface area contributed by atoms with Crippen molar-refractivity contribution in [3.05, 3.63) is 0 Å². The average molecular weight is 1100 g/mol. The highest BCUT2D eigenvalue weighted by Gasteiger charge is 2.19. The fraction of sp³-hybridized carbons (Fsp3) is 0.926. The van der Waals surface area contributed by atoms with E-state index in [-0.39, 0.29) is 46.9 Å². The van der Waals surface area contributed by atoms with Gasteiger partial charge in [-0.1, -0.05) is 266 Å². The van der Waals surface area contributed by atoms with Crippen LogP contribution < -0.4 is 0 Å². The predicted molar refractivity (Wildman–Crippen MR) is 308 cm³/mol. The molecule has 0 fully saturated rings. The number of hydrogen-bond acceptors (Lipinski definition) is 14. The summed E-state index contributed by atoms with van der Waals surface area (Å²) in [6, 6.07) is 0. The Bertz CT molecular complexity index is 1000. The van der Waals surface area contributed by atoms with Crippen LogP contribution in [-0.4, -0.2) is 86.5 Å². The number of unbranched alkanes of at least 4 members (excludes halogenated alkanes) is 31. The highest BCUT2D eigenvalue weighted by Crippen LogP contribution is 2.62. The molecular formula is C54H104O10P2S4. The summed E-state index contributed by atoms with van der Waals surface area (Å²) < 4.78 is 34.7. The third kappa shape index (κ3) is 54.3. The molecule has 0 unspecified atom stereocenters. The van der Waals surface area contributed by atoms with E-state index in [0.29, 0.717) is 39.6 Å². The zero-order valence-corrected chi connectivity index (χ0v) is 50.2. The lowest BCUT2D eigenvalue weighted by atomic mass is 10.1. The molecule has 0 N–H and O–H groups in total. The molecule has 0 saturated carbocycles. The second-order valence-corrected chi connectivity index (χ2v) is 30.5. The standard InChI is InChI=1S/C54H104O10P2S4/c1-5-9-13-17-21-25-29-35-41-59-51(55)47-67-65(68-48-52(56)60-42-36-30-26-22-18-14-10-6-2)63-45-39-33-34-40-46-64-66(69-49-53(57)61-43-37-31-27-23-19-15-11-7-3)70-50-54(58)62-44-38-32-28-24-20-16-12-8-4/h5-50H2,1-4H3. The Morgan fingerprint density at radius 2 is 0.429 bits per heavy atom. The minimum Gasteiger partial charge on any atom is -0.465 e. The van der Waals surface area contributed by atoms with Crippen molar-refractivity contribution in [3.63, 3.8) is 0 Å². The first-order valence-corrected chi connectivity index (χ1v) is 37.2. The Labute approximate surface area is 448 Å². The normalized spacial score (nSPS) is 11.5. The Balaban J connectivity index is 4.83. The molecular weight excluding hydrogens is 999 g/mol. The van der Waals surface area contributed by atoms with Gasteiger partial charge in [-0.05, 0) is 38.5 Å². The van der Waals surface area contributed by atoms with Crippen molar-refractivity contribution < 1.29 is 47.2 Å². The molecule has 10 nitrogen and oxygen atoms in total. The van der Waals surface area contributed by atoms with Crippen molar-refractivity contribution in [2.45, 2.75) is 259 Å². The quantitative estimate of drug-likeness (QED) is 0.0248. The summed E-state index contributed by atoms with van der Waals surface area (Å²) in [7, 11) is 0. The maximum absolute atomic E-state index is 12.6. The first-order valence-electron chi connectivity index (χ1n) is 28.4. The molecule has 0 rings (SSSR count). The van der Waals surface area contributed by atoms with Crippen LogP contribution in [0.15, 0.2) is 0 Å². The number of carbonyl (C=O) groups excluding carboxylic acids is 4. The van der Waals surface area contributed by atoms with Crippen LogP contribution in [0, 0.1) is 0 Å². The average Bonchev–Trinajstić information content (AvgIpc) is 3.36. The van der Waals surface area contributed by atoms with E-state index in [2.05, 4.69) is 27.7 Å². The highest BCUT2D eigenvalue weighted by atomic mass is 33.1. The smallest absolute Gasteiger partial charge is 0.316 e. The Hall–Kier alpha value is 0.0600. The molecule has 0 spiro atoms.